The van der Waals surface area contributed by atoms with E-state index in [1.54, 1.807) is 6.07 Å². The molecule has 1 rings (SSSR count). The van der Waals surface area contributed by atoms with Crippen LogP contribution in [0.5, 0.6) is 0 Å². The maximum absolute atomic E-state index is 13.3. The molecular weight excluding hydrogens is 181 g/mol. The SMILES string of the molecule is CCNc1cc(F)c(C(C)=O)cc1C. The first kappa shape index (κ1) is 10.7. The van der Waals surface area contributed by atoms with Crippen molar-refractivity contribution in [3.63, 3.8) is 0 Å². The standard InChI is InChI=1S/C11H14FNO/c1-4-13-11-6-10(12)9(8(3)14)5-7(11)2/h5-6,13H,4H2,1-3H3. The fraction of sp³-hybridized carbons (Fsp3) is 0.364. The summed E-state index contributed by atoms with van der Waals surface area (Å²) in [5, 5.41) is 3.03. The van der Waals surface area contributed by atoms with E-state index in [-0.39, 0.29) is 11.3 Å². The molecular formula is C11H14FNO. The highest BCUT2D eigenvalue weighted by molar-refractivity contribution is 5.95. The van der Waals surface area contributed by atoms with E-state index in [0.717, 1.165) is 17.8 Å². The van der Waals surface area contributed by atoms with Crippen molar-refractivity contribution in [1.29, 1.82) is 0 Å². The Balaban J connectivity index is 3.17. The second-order valence-corrected chi connectivity index (χ2v) is 3.23. The molecule has 0 atom stereocenters. The fourth-order valence-corrected chi connectivity index (χ4v) is 1.33. The van der Waals surface area contributed by atoms with Gasteiger partial charge in [-0.25, -0.2) is 4.39 Å². The highest BCUT2D eigenvalue weighted by Gasteiger charge is 2.09. The third-order valence-corrected chi connectivity index (χ3v) is 2.06. The zero-order valence-corrected chi connectivity index (χ0v) is 8.65. The van der Waals surface area contributed by atoms with E-state index in [4.69, 9.17) is 0 Å². The van der Waals surface area contributed by atoms with Crippen LogP contribution in [-0.2, 0) is 0 Å². The molecule has 1 N–H and O–H groups in total. The van der Waals surface area contributed by atoms with E-state index in [1.807, 2.05) is 13.8 Å². The van der Waals surface area contributed by atoms with E-state index in [0.29, 0.717) is 0 Å². The van der Waals surface area contributed by atoms with Crippen LogP contribution in [0.4, 0.5) is 10.1 Å². The molecule has 0 aliphatic carbocycles. The molecule has 0 heterocycles. The number of aryl methyl sites for hydroxylation is 1. The molecule has 14 heavy (non-hydrogen) atoms. The first-order valence-corrected chi connectivity index (χ1v) is 4.61. The summed E-state index contributed by atoms with van der Waals surface area (Å²) >= 11 is 0. The van der Waals surface area contributed by atoms with Gasteiger partial charge in [0, 0.05) is 12.2 Å². The average Bonchev–Trinajstić information content (AvgIpc) is 2.10. The van der Waals surface area contributed by atoms with Gasteiger partial charge < -0.3 is 5.32 Å². The number of carbonyl (C=O) groups is 1. The molecule has 1 aromatic carbocycles. The summed E-state index contributed by atoms with van der Waals surface area (Å²) in [6.45, 7) is 5.89. The average molecular weight is 195 g/mol. The van der Waals surface area contributed by atoms with Gasteiger partial charge in [-0.3, -0.25) is 4.79 Å². The lowest BCUT2D eigenvalue weighted by atomic mass is 10.1. The first-order valence-electron chi connectivity index (χ1n) is 4.61. The van der Waals surface area contributed by atoms with Crippen molar-refractivity contribution in [3.05, 3.63) is 29.1 Å². The van der Waals surface area contributed by atoms with Gasteiger partial charge in [0.05, 0.1) is 5.56 Å². The smallest absolute Gasteiger partial charge is 0.162 e. The van der Waals surface area contributed by atoms with E-state index in [2.05, 4.69) is 5.32 Å². The summed E-state index contributed by atoms with van der Waals surface area (Å²) < 4.78 is 13.3. The van der Waals surface area contributed by atoms with Crippen molar-refractivity contribution >= 4 is 11.5 Å². The molecule has 0 saturated heterocycles. The molecule has 0 radical (unpaired) electrons. The van der Waals surface area contributed by atoms with Gasteiger partial charge in [0.2, 0.25) is 0 Å². The molecule has 0 aromatic heterocycles. The Morgan fingerprint density at radius 3 is 2.64 bits per heavy atom. The minimum absolute atomic E-state index is 0.157. The maximum atomic E-state index is 13.3. The normalized spacial score (nSPS) is 10.0. The van der Waals surface area contributed by atoms with E-state index in [9.17, 15) is 9.18 Å². The molecule has 0 fully saturated rings. The van der Waals surface area contributed by atoms with Crippen LogP contribution in [-0.4, -0.2) is 12.3 Å². The second-order valence-electron chi connectivity index (χ2n) is 3.23. The Bertz CT molecular complexity index is 361. The molecule has 0 unspecified atom stereocenters. The van der Waals surface area contributed by atoms with Gasteiger partial charge in [-0.2, -0.15) is 0 Å². The molecule has 76 valence electrons. The van der Waals surface area contributed by atoms with Crippen LogP contribution in [0, 0.1) is 12.7 Å². The summed E-state index contributed by atoms with van der Waals surface area (Å²) in [5.41, 5.74) is 1.79. The second kappa shape index (κ2) is 4.22. The fourth-order valence-electron chi connectivity index (χ4n) is 1.33. The maximum Gasteiger partial charge on any atom is 0.162 e. The third-order valence-electron chi connectivity index (χ3n) is 2.06. The third kappa shape index (κ3) is 2.10. The van der Waals surface area contributed by atoms with Crippen LogP contribution in [0.3, 0.4) is 0 Å². The molecule has 0 spiro atoms. The van der Waals surface area contributed by atoms with E-state index < -0.39 is 5.82 Å². The minimum Gasteiger partial charge on any atom is -0.385 e. The summed E-state index contributed by atoms with van der Waals surface area (Å²) in [7, 11) is 0. The van der Waals surface area contributed by atoms with E-state index >= 15 is 0 Å². The van der Waals surface area contributed by atoms with Crippen molar-refractivity contribution in [2.24, 2.45) is 0 Å². The number of carbonyl (C=O) groups excluding carboxylic acids is 1. The topological polar surface area (TPSA) is 29.1 Å². The van der Waals surface area contributed by atoms with Gasteiger partial charge in [0.1, 0.15) is 5.82 Å². The number of halogens is 1. The summed E-state index contributed by atoms with van der Waals surface area (Å²) in [4.78, 5) is 11.0. The van der Waals surface area contributed by atoms with Crippen LogP contribution in [0.25, 0.3) is 0 Å². The van der Waals surface area contributed by atoms with Crippen LogP contribution in [0.15, 0.2) is 12.1 Å². The predicted octanol–water partition coefficient (Wildman–Crippen LogP) is 2.77. The van der Waals surface area contributed by atoms with Crippen molar-refractivity contribution in [2.45, 2.75) is 20.8 Å². The molecule has 0 bridgehead atoms. The van der Waals surface area contributed by atoms with Gasteiger partial charge in [-0.15, -0.1) is 0 Å². The van der Waals surface area contributed by atoms with Gasteiger partial charge in [-0.05, 0) is 38.5 Å². The van der Waals surface area contributed by atoms with Crippen molar-refractivity contribution in [3.8, 4) is 0 Å². The Kier molecular flexibility index (Phi) is 3.23. The van der Waals surface area contributed by atoms with Gasteiger partial charge in [0.25, 0.3) is 0 Å². The number of rotatable bonds is 3. The first-order chi connectivity index (χ1) is 6.56. The monoisotopic (exact) mass is 195 g/mol. The number of hydrogen-bond acceptors (Lipinski definition) is 2. The number of Topliss-reactive ketones (excluding diaryl/α,β-unsaturated/α-hetero) is 1. The van der Waals surface area contributed by atoms with Crippen LogP contribution in [0.1, 0.15) is 29.8 Å². The lowest BCUT2D eigenvalue weighted by Crippen LogP contribution is -2.03. The molecule has 0 saturated carbocycles. The highest BCUT2D eigenvalue weighted by Crippen LogP contribution is 2.20. The Morgan fingerprint density at radius 2 is 2.14 bits per heavy atom. The molecule has 3 heteroatoms. The Labute approximate surface area is 83.1 Å². The molecule has 1 aromatic rings. The van der Waals surface area contributed by atoms with Crippen molar-refractivity contribution in [2.75, 3.05) is 11.9 Å². The Hall–Kier alpha value is -1.38. The van der Waals surface area contributed by atoms with Crippen LogP contribution >= 0.6 is 0 Å². The van der Waals surface area contributed by atoms with Crippen LogP contribution < -0.4 is 5.32 Å². The predicted molar refractivity (Wildman–Crippen MR) is 55.3 cm³/mol. The number of nitrogens with one attached hydrogen (secondary N) is 1. The van der Waals surface area contributed by atoms with Crippen LogP contribution in [0.2, 0.25) is 0 Å². The number of hydrogen-bond donors (Lipinski definition) is 1. The number of anilines is 1. The van der Waals surface area contributed by atoms with Gasteiger partial charge in [-0.1, -0.05) is 0 Å². The summed E-state index contributed by atoms with van der Waals surface area (Å²) in [6, 6.07) is 2.95. The quantitative estimate of drug-likeness (QED) is 0.751. The lowest BCUT2D eigenvalue weighted by molar-refractivity contribution is 0.101. The van der Waals surface area contributed by atoms with E-state index in [1.165, 1.54) is 13.0 Å². The number of benzene rings is 1. The van der Waals surface area contributed by atoms with Crippen molar-refractivity contribution < 1.29 is 9.18 Å². The lowest BCUT2D eigenvalue weighted by Gasteiger charge is -2.09. The molecule has 0 aliphatic rings. The largest absolute Gasteiger partial charge is 0.385 e. The summed E-state index contributed by atoms with van der Waals surface area (Å²) in [5.74, 6) is -0.701. The zero-order valence-electron chi connectivity index (χ0n) is 8.65. The molecule has 0 amide bonds. The zero-order chi connectivity index (χ0) is 10.7. The molecule has 0 aliphatic heterocycles. The Morgan fingerprint density at radius 1 is 1.50 bits per heavy atom. The van der Waals surface area contributed by atoms with Gasteiger partial charge >= 0.3 is 0 Å². The summed E-state index contributed by atoms with van der Waals surface area (Å²) in [6.07, 6.45) is 0. The highest BCUT2D eigenvalue weighted by atomic mass is 19.1. The molecule has 2 nitrogen and oxygen atoms in total. The van der Waals surface area contributed by atoms with Crippen molar-refractivity contribution in [1.82, 2.24) is 0 Å². The van der Waals surface area contributed by atoms with Gasteiger partial charge in [0.15, 0.2) is 5.78 Å². The minimum atomic E-state index is -0.459. The number of ketones is 1.